The molecular weight excluding hydrogens is 200 g/mol. The smallest absolute Gasteiger partial charge is 0.335 e. The number of rotatable bonds is 6. The highest BCUT2D eigenvalue weighted by Crippen LogP contribution is 2.16. The second-order valence-corrected chi connectivity index (χ2v) is 4.21. The molecule has 0 spiro atoms. The molecule has 1 N–H and O–H groups in total. The maximum Gasteiger partial charge on any atom is 0.335 e. The van der Waals surface area contributed by atoms with Gasteiger partial charge in [0.1, 0.15) is 0 Å². The Morgan fingerprint density at radius 1 is 1.25 bits per heavy atom. The van der Waals surface area contributed by atoms with E-state index in [4.69, 9.17) is 5.11 Å². The summed E-state index contributed by atoms with van der Waals surface area (Å²) in [6.45, 7) is 4.09. The molecule has 0 saturated carbocycles. The van der Waals surface area contributed by atoms with Crippen LogP contribution < -0.4 is 0 Å². The van der Waals surface area contributed by atoms with Gasteiger partial charge >= 0.3 is 5.97 Å². The standard InChI is InChI=1S/C14H20O2/c1-3-4-5-6-8-12-9-7-10-13(11(12)2)14(15)16/h7,9-10H,3-6,8H2,1-2H3,(H,15,16). The van der Waals surface area contributed by atoms with E-state index >= 15 is 0 Å². The van der Waals surface area contributed by atoms with Gasteiger partial charge in [0.15, 0.2) is 0 Å². The Hall–Kier alpha value is -1.31. The lowest BCUT2D eigenvalue weighted by molar-refractivity contribution is 0.0696. The summed E-state index contributed by atoms with van der Waals surface area (Å²) in [6.07, 6.45) is 5.86. The lowest BCUT2D eigenvalue weighted by atomic mass is 9.98. The fourth-order valence-corrected chi connectivity index (χ4v) is 1.93. The van der Waals surface area contributed by atoms with E-state index < -0.39 is 5.97 Å². The highest BCUT2D eigenvalue weighted by Gasteiger charge is 2.09. The highest BCUT2D eigenvalue weighted by atomic mass is 16.4. The number of hydrogen-bond donors (Lipinski definition) is 1. The molecule has 0 aliphatic heterocycles. The van der Waals surface area contributed by atoms with Crippen LogP contribution in [0.25, 0.3) is 0 Å². The third-order valence-electron chi connectivity index (χ3n) is 2.98. The average molecular weight is 220 g/mol. The van der Waals surface area contributed by atoms with Crippen molar-refractivity contribution in [3.8, 4) is 0 Å². The summed E-state index contributed by atoms with van der Waals surface area (Å²) in [6, 6.07) is 5.55. The van der Waals surface area contributed by atoms with Gasteiger partial charge in [-0.2, -0.15) is 0 Å². The van der Waals surface area contributed by atoms with Crippen molar-refractivity contribution in [3.63, 3.8) is 0 Å². The number of aromatic carboxylic acids is 1. The van der Waals surface area contributed by atoms with Crippen molar-refractivity contribution >= 4 is 5.97 Å². The third kappa shape index (κ3) is 3.37. The summed E-state index contributed by atoms with van der Waals surface area (Å²) in [5, 5.41) is 9.00. The van der Waals surface area contributed by atoms with Crippen LogP contribution in [0.2, 0.25) is 0 Å². The van der Waals surface area contributed by atoms with E-state index in [2.05, 4.69) is 6.92 Å². The molecule has 0 saturated heterocycles. The van der Waals surface area contributed by atoms with Crippen molar-refractivity contribution in [1.82, 2.24) is 0 Å². The Labute approximate surface area is 97.3 Å². The largest absolute Gasteiger partial charge is 0.478 e. The molecule has 1 rings (SSSR count). The first-order valence-electron chi connectivity index (χ1n) is 5.98. The van der Waals surface area contributed by atoms with Crippen molar-refractivity contribution in [1.29, 1.82) is 0 Å². The number of carboxylic acid groups (broad SMARTS) is 1. The van der Waals surface area contributed by atoms with Crippen LogP contribution in [0.4, 0.5) is 0 Å². The Balaban J connectivity index is 2.66. The zero-order chi connectivity index (χ0) is 12.0. The molecule has 0 amide bonds. The topological polar surface area (TPSA) is 37.3 Å². The third-order valence-corrected chi connectivity index (χ3v) is 2.98. The van der Waals surface area contributed by atoms with Crippen LogP contribution in [0.5, 0.6) is 0 Å². The van der Waals surface area contributed by atoms with Crippen LogP contribution in [0.3, 0.4) is 0 Å². The van der Waals surface area contributed by atoms with Gasteiger partial charge in [0.25, 0.3) is 0 Å². The van der Waals surface area contributed by atoms with E-state index in [1.165, 1.54) is 24.8 Å². The predicted octanol–water partition coefficient (Wildman–Crippen LogP) is 3.82. The van der Waals surface area contributed by atoms with Crippen molar-refractivity contribution < 1.29 is 9.90 Å². The molecule has 2 heteroatoms. The molecule has 88 valence electrons. The van der Waals surface area contributed by atoms with Crippen molar-refractivity contribution in [3.05, 3.63) is 34.9 Å². The van der Waals surface area contributed by atoms with E-state index in [9.17, 15) is 4.79 Å². The number of carbonyl (C=O) groups is 1. The number of carboxylic acids is 1. The van der Waals surface area contributed by atoms with Crippen LogP contribution in [-0.2, 0) is 6.42 Å². The maximum absolute atomic E-state index is 11.0. The molecule has 0 radical (unpaired) electrons. The molecule has 16 heavy (non-hydrogen) atoms. The summed E-state index contributed by atoms with van der Waals surface area (Å²) in [5.74, 6) is -0.826. The van der Waals surface area contributed by atoms with Crippen LogP contribution in [0.15, 0.2) is 18.2 Å². The van der Waals surface area contributed by atoms with Gasteiger partial charge in [0.05, 0.1) is 5.56 Å². The number of benzene rings is 1. The molecule has 0 bridgehead atoms. The van der Waals surface area contributed by atoms with Crippen molar-refractivity contribution in [2.45, 2.75) is 46.0 Å². The van der Waals surface area contributed by atoms with Crippen molar-refractivity contribution in [2.75, 3.05) is 0 Å². The maximum atomic E-state index is 11.0. The monoisotopic (exact) mass is 220 g/mol. The molecule has 0 aliphatic carbocycles. The second-order valence-electron chi connectivity index (χ2n) is 4.21. The van der Waals surface area contributed by atoms with Gasteiger partial charge in [-0.1, -0.05) is 38.3 Å². The fourth-order valence-electron chi connectivity index (χ4n) is 1.93. The zero-order valence-corrected chi connectivity index (χ0v) is 10.1. The van der Waals surface area contributed by atoms with E-state index in [1.807, 2.05) is 19.1 Å². The first-order chi connectivity index (χ1) is 7.66. The van der Waals surface area contributed by atoms with Gasteiger partial charge in [-0.3, -0.25) is 0 Å². The van der Waals surface area contributed by atoms with Crippen LogP contribution in [0.1, 0.15) is 54.1 Å². The summed E-state index contributed by atoms with van der Waals surface area (Å²) >= 11 is 0. The minimum Gasteiger partial charge on any atom is -0.478 e. The molecule has 0 heterocycles. The molecular formula is C14H20O2. The Bertz CT molecular complexity index is 356. The van der Waals surface area contributed by atoms with E-state index in [-0.39, 0.29) is 0 Å². The quantitative estimate of drug-likeness (QED) is 0.740. The van der Waals surface area contributed by atoms with Gasteiger partial charge < -0.3 is 5.11 Å². The zero-order valence-electron chi connectivity index (χ0n) is 10.1. The number of unbranched alkanes of at least 4 members (excludes halogenated alkanes) is 3. The summed E-state index contributed by atoms with van der Waals surface area (Å²) in [4.78, 5) is 11.0. The lowest BCUT2D eigenvalue weighted by Gasteiger charge is -2.08. The molecule has 0 atom stereocenters. The fraction of sp³-hybridized carbons (Fsp3) is 0.500. The van der Waals surface area contributed by atoms with Gasteiger partial charge in [-0.15, -0.1) is 0 Å². The first kappa shape index (κ1) is 12.8. The van der Waals surface area contributed by atoms with Gasteiger partial charge in [-0.05, 0) is 37.0 Å². The molecule has 1 aromatic rings. The Kier molecular flexibility index (Phi) is 5.03. The number of hydrogen-bond acceptors (Lipinski definition) is 1. The molecule has 1 aromatic carbocycles. The first-order valence-corrected chi connectivity index (χ1v) is 5.98. The van der Waals surface area contributed by atoms with Crippen molar-refractivity contribution in [2.24, 2.45) is 0 Å². The molecule has 2 nitrogen and oxygen atoms in total. The predicted molar refractivity (Wildman–Crippen MR) is 66.0 cm³/mol. The van der Waals surface area contributed by atoms with Crippen LogP contribution >= 0.6 is 0 Å². The minimum absolute atomic E-state index is 0.438. The summed E-state index contributed by atoms with van der Waals surface area (Å²) in [7, 11) is 0. The SMILES string of the molecule is CCCCCCc1cccc(C(=O)O)c1C. The van der Waals surface area contributed by atoms with Crippen LogP contribution in [0, 0.1) is 6.92 Å². The summed E-state index contributed by atoms with van der Waals surface area (Å²) < 4.78 is 0. The van der Waals surface area contributed by atoms with Gasteiger partial charge in [0.2, 0.25) is 0 Å². The Morgan fingerprint density at radius 3 is 2.62 bits per heavy atom. The summed E-state index contributed by atoms with van der Waals surface area (Å²) in [5.41, 5.74) is 2.54. The number of aryl methyl sites for hydroxylation is 1. The molecule has 0 fully saturated rings. The second kappa shape index (κ2) is 6.31. The van der Waals surface area contributed by atoms with E-state index in [0.717, 1.165) is 18.4 Å². The van der Waals surface area contributed by atoms with Crippen LogP contribution in [-0.4, -0.2) is 11.1 Å². The molecule has 0 aliphatic rings. The average Bonchev–Trinajstić information content (AvgIpc) is 2.26. The molecule has 0 unspecified atom stereocenters. The normalized spacial score (nSPS) is 10.4. The lowest BCUT2D eigenvalue weighted by Crippen LogP contribution is -2.02. The van der Waals surface area contributed by atoms with E-state index in [1.54, 1.807) is 6.07 Å². The van der Waals surface area contributed by atoms with Gasteiger partial charge in [-0.25, -0.2) is 4.79 Å². The van der Waals surface area contributed by atoms with Gasteiger partial charge in [0, 0.05) is 0 Å². The minimum atomic E-state index is -0.826. The highest BCUT2D eigenvalue weighted by molar-refractivity contribution is 5.89. The molecule has 0 aromatic heterocycles. The van der Waals surface area contributed by atoms with E-state index in [0.29, 0.717) is 5.56 Å². The Morgan fingerprint density at radius 2 is 2.00 bits per heavy atom.